The Morgan fingerprint density at radius 3 is 2.45 bits per heavy atom. The van der Waals surface area contributed by atoms with Crippen molar-refractivity contribution in [2.45, 2.75) is 31.5 Å². The highest BCUT2D eigenvalue weighted by molar-refractivity contribution is 5.79. The van der Waals surface area contributed by atoms with E-state index >= 15 is 0 Å². The number of amides is 1. The second kappa shape index (κ2) is 10.7. The van der Waals surface area contributed by atoms with Crippen LogP contribution in [-0.4, -0.2) is 71.7 Å². The molecule has 1 saturated heterocycles. The van der Waals surface area contributed by atoms with Crippen LogP contribution in [0.3, 0.4) is 0 Å². The highest BCUT2D eigenvalue weighted by atomic mass is 19.3. The zero-order valence-corrected chi connectivity index (χ0v) is 17.3. The maximum absolute atomic E-state index is 13.2. The molecule has 1 aliphatic rings. The number of carbonyl (C=O) groups is 1. The molecular formula is C22H27F3N4O2. The van der Waals surface area contributed by atoms with Gasteiger partial charge in [0.2, 0.25) is 0 Å². The Bertz CT molecular complexity index is 849. The van der Waals surface area contributed by atoms with Gasteiger partial charge in [0.25, 0.3) is 5.91 Å². The van der Waals surface area contributed by atoms with Gasteiger partial charge in [-0.25, -0.2) is 4.39 Å². The number of nitrogens with one attached hydrogen (secondary N) is 1. The first kappa shape index (κ1) is 23.2. The number of aliphatic hydroxyl groups is 1. The third-order valence-electron chi connectivity index (χ3n) is 5.32. The summed E-state index contributed by atoms with van der Waals surface area (Å²) in [4.78, 5) is 20.3. The van der Waals surface area contributed by atoms with E-state index in [1.807, 2.05) is 17.4 Å². The molecule has 3 rings (SSSR count). The summed E-state index contributed by atoms with van der Waals surface area (Å²) in [7, 11) is 2.10. The predicted octanol–water partition coefficient (Wildman–Crippen LogP) is 2.60. The molecule has 9 heteroatoms. The summed E-state index contributed by atoms with van der Waals surface area (Å²) in [6.07, 6.45) is -1.79. The molecule has 1 aromatic carbocycles. The number of halogens is 3. The topological polar surface area (TPSA) is 68.7 Å². The molecule has 0 spiro atoms. The minimum Gasteiger partial charge on any atom is -0.386 e. The highest BCUT2D eigenvalue weighted by Crippen LogP contribution is 2.24. The van der Waals surface area contributed by atoms with Crippen molar-refractivity contribution in [3.63, 3.8) is 0 Å². The summed E-state index contributed by atoms with van der Waals surface area (Å²) in [5.74, 6) is -1.61. The predicted molar refractivity (Wildman–Crippen MR) is 111 cm³/mol. The lowest BCUT2D eigenvalue weighted by atomic mass is 9.99. The zero-order chi connectivity index (χ0) is 22.4. The summed E-state index contributed by atoms with van der Waals surface area (Å²) in [5.41, 5.74) is 3.03. The van der Waals surface area contributed by atoms with Crippen LogP contribution in [0.2, 0.25) is 0 Å². The molecular weight excluding hydrogens is 409 g/mol. The van der Waals surface area contributed by atoms with E-state index in [0.29, 0.717) is 5.56 Å². The quantitative estimate of drug-likeness (QED) is 0.666. The standard InChI is InChI=1S/C22H27F3N4O2/c1-28-9-2-10-29(14-28)13-18-8-7-17(12-26-18)15-3-5-16(6-4-15)20(30)19(11-23)27-22(31)21(24)25/h3-8,12,19-21,30H,2,9-11,13-14H2,1H3,(H,27,31)/t19-,20-/m1/s1. The maximum atomic E-state index is 13.2. The van der Waals surface area contributed by atoms with Crippen LogP contribution in [0.4, 0.5) is 13.2 Å². The number of rotatable bonds is 8. The van der Waals surface area contributed by atoms with E-state index in [2.05, 4.69) is 21.8 Å². The Hall–Kier alpha value is -2.49. The molecule has 2 heterocycles. The number of alkyl halides is 3. The van der Waals surface area contributed by atoms with E-state index in [4.69, 9.17) is 0 Å². The molecule has 1 aliphatic heterocycles. The Morgan fingerprint density at radius 1 is 1.16 bits per heavy atom. The first-order valence-corrected chi connectivity index (χ1v) is 10.2. The van der Waals surface area contributed by atoms with E-state index in [1.54, 1.807) is 30.5 Å². The molecule has 0 bridgehead atoms. The van der Waals surface area contributed by atoms with Gasteiger partial charge in [0.1, 0.15) is 12.8 Å². The van der Waals surface area contributed by atoms with Gasteiger partial charge in [-0.2, -0.15) is 8.78 Å². The van der Waals surface area contributed by atoms with Crippen molar-refractivity contribution >= 4 is 5.91 Å². The average molecular weight is 436 g/mol. The number of benzene rings is 1. The van der Waals surface area contributed by atoms with Gasteiger partial charge >= 0.3 is 6.43 Å². The average Bonchev–Trinajstić information content (AvgIpc) is 2.77. The van der Waals surface area contributed by atoms with Gasteiger partial charge in [-0.15, -0.1) is 0 Å². The maximum Gasteiger partial charge on any atom is 0.315 e. The van der Waals surface area contributed by atoms with Crippen LogP contribution in [0, 0.1) is 0 Å². The lowest BCUT2D eigenvalue weighted by molar-refractivity contribution is -0.133. The number of carbonyl (C=O) groups excluding carboxylic acids is 1. The molecule has 1 fully saturated rings. The summed E-state index contributed by atoms with van der Waals surface area (Å²) in [6, 6.07) is 9.13. The number of aliphatic hydroxyl groups excluding tert-OH is 1. The molecule has 0 saturated carbocycles. The van der Waals surface area contributed by atoms with Crippen molar-refractivity contribution in [1.82, 2.24) is 20.1 Å². The van der Waals surface area contributed by atoms with Crippen molar-refractivity contribution in [1.29, 1.82) is 0 Å². The smallest absolute Gasteiger partial charge is 0.315 e. The van der Waals surface area contributed by atoms with E-state index < -0.39 is 31.2 Å². The van der Waals surface area contributed by atoms with Gasteiger partial charge in [0.05, 0.1) is 18.4 Å². The van der Waals surface area contributed by atoms with Crippen LogP contribution in [0.25, 0.3) is 11.1 Å². The molecule has 168 valence electrons. The van der Waals surface area contributed by atoms with Crippen molar-refractivity contribution in [3.05, 3.63) is 53.9 Å². The molecule has 0 aliphatic carbocycles. The van der Waals surface area contributed by atoms with E-state index in [1.165, 1.54) is 0 Å². The van der Waals surface area contributed by atoms with Crippen LogP contribution < -0.4 is 5.32 Å². The number of aromatic nitrogens is 1. The molecule has 2 atom stereocenters. The summed E-state index contributed by atoms with van der Waals surface area (Å²) >= 11 is 0. The molecule has 1 amide bonds. The number of hydrogen-bond donors (Lipinski definition) is 2. The second-order valence-corrected chi connectivity index (χ2v) is 7.80. The Labute approximate surface area is 179 Å². The van der Waals surface area contributed by atoms with Crippen LogP contribution >= 0.6 is 0 Å². The fraction of sp³-hybridized carbons (Fsp3) is 0.455. The van der Waals surface area contributed by atoms with E-state index in [-0.39, 0.29) is 0 Å². The number of hydrogen-bond acceptors (Lipinski definition) is 5. The molecule has 6 nitrogen and oxygen atoms in total. The second-order valence-electron chi connectivity index (χ2n) is 7.80. The molecule has 2 N–H and O–H groups in total. The largest absolute Gasteiger partial charge is 0.386 e. The van der Waals surface area contributed by atoms with Gasteiger partial charge in [-0.05, 0) is 30.7 Å². The third kappa shape index (κ3) is 6.25. The molecule has 1 aromatic heterocycles. The lowest BCUT2D eigenvalue weighted by Gasteiger charge is -2.32. The van der Waals surface area contributed by atoms with Crippen LogP contribution in [-0.2, 0) is 11.3 Å². The van der Waals surface area contributed by atoms with Crippen molar-refractivity contribution in [2.24, 2.45) is 0 Å². The minimum absolute atomic E-state index is 0.319. The summed E-state index contributed by atoms with van der Waals surface area (Å²) in [6.45, 7) is 2.70. The zero-order valence-electron chi connectivity index (χ0n) is 17.3. The summed E-state index contributed by atoms with van der Waals surface area (Å²) < 4.78 is 37.9. The van der Waals surface area contributed by atoms with Gasteiger partial charge in [-0.3, -0.25) is 19.6 Å². The Balaban J connectivity index is 1.63. The minimum atomic E-state index is -3.27. The fourth-order valence-corrected chi connectivity index (χ4v) is 3.65. The Morgan fingerprint density at radius 2 is 1.87 bits per heavy atom. The SMILES string of the molecule is CN1CCCN(Cc2ccc(-c3ccc([C@@H](O)[C@@H](CF)NC(=O)C(F)F)cc3)cn2)C1. The monoisotopic (exact) mass is 436 g/mol. The van der Waals surface area contributed by atoms with Crippen LogP contribution in [0.15, 0.2) is 42.6 Å². The van der Waals surface area contributed by atoms with Crippen molar-refractivity contribution < 1.29 is 23.1 Å². The fourth-order valence-electron chi connectivity index (χ4n) is 3.65. The van der Waals surface area contributed by atoms with Gasteiger partial charge < -0.3 is 10.4 Å². The van der Waals surface area contributed by atoms with Crippen molar-refractivity contribution in [2.75, 3.05) is 33.5 Å². The first-order chi connectivity index (χ1) is 14.9. The van der Waals surface area contributed by atoms with E-state index in [0.717, 1.165) is 49.5 Å². The normalized spacial score (nSPS) is 17.5. The number of nitrogens with zero attached hydrogens (tertiary/aromatic N) is 3. The third-order valence-corrected chi connectivity index (χ3v) is 5.32. The molecule has 0 radical (unpaired) electrons. The van der Waals surface area contributed by atoms with Gasteiger partial charge in [-0.1, -0.05) is 30.3 Å². The van der Waals surface area contributed by atoms with Gasteiger partial charge in [0.15, 0.2) is 0 Å². The van der Waals surface area contributed by atoms with Crippen LogP contribution in [0.5, 0.6) is 0 Å². The first-order valence-electron chi connectivity index (χ1n) is 10.2. The molecule has 31 heavy (non-hydrogen) atoms. The van der Waals surface area contributed by atoms with Crippen LogP contribution in [0.1, 0.15) is 23.8 Å². The Kier molecular flexibility index (Phi) is 8.00. The number of pyridine rings is 1. The highest BCUT2D eigenvalue weighted by Gasteiger charge is 2.26. The molecule has 2 aromatic rings. The van der Waals surface area contributed by atoms with Crippen molar-refractivity contribution in [3.8, 4) is 11.1 Å². The summed E-state index contributed by atoms with van der Waals surface area (Å²) in [5, 5.41) is 12.1. The van der Waals surface area contributed by atoms with Gasteiger partial charge in [0, 0.05) is 31.4 Å². The lowest BCUT2D eigenvalue weighted by Crippen LogP contribution is -2.43. The van der Waals surface area contributed by atoms with E-state index in [9.17, 15) is 23.1 Å². The molecule has 0 unspecified atom stereocenters.